The predicted octanol–water partition coefficient (Wildman–Crippen LogP) is 5.26. The normalized spacial score (nSPS) is 21.4. The second kappa shape index (κ2) is 9.45. The predicted molar refractivity (Wildman–Crippen MR) is 130 cm³/mol. The molecule has 0 fully saturated rings. The van der Waals surface area contributed by atoms with Crippen LogP contribution >= 0.6 is 0 Å². The van der Waals surface area contributed by atoms with Crippen molar-refractivity contribution >= 4 is 17.5 Å². The molecule has 0 saturated heterocycles. The van der Waals surface area contributed by atoms with Gasteiger partial charge in [-0.25, -0.2) is 0 Å². The van der Waals surface area contributed by atoms with E-state index in [2.05, 4.69) is 13.8 Å². The van der Waals surface area contributed by atoms with Crippen molar-refractivity contribution in [2.24, 2.45) is 16.3 Å². The molecule has 4 rings (SSSR count). The molecular formula is C28H31NO5. The number of ketones is 1. The molecule has 0 aromatic heterocycles. The van der Waals surface area contributed by atoms with E-state index in [-0.39, 0.29) is 17.8 Å². The second-order valence-corrected chi connectivity index (χ2v) is 9.71. The first-order valence-electron chi connectivity index (χ1n) is 11.5. The largest absolute Gasteiger partial charge is 0.497 e. The lowest BCUT2D eigenvalue weighted by molar-refractivity contribution is -0.148. The number of Topliss-reactive ketones (excluding diaryl/α,β-unsaturated/α-hetero) is 1. The molecule has 178 valence electrons. The van der Waals surface area contributed by atoms with Gasteiger partial charge < -0.3 is 14.2 Å². The van der Waals surface area contributed by atoms with Crippen LogP contribution in [0.2, 0.25) is 0 Å². The summed E-state index contributed by atoms with van der Waals surface area (Å²) in [4.78, 5) is 31.7. The Kier molecular flexibility index (Phi) is 6.60. The van der Waals surface area contributed by atoms with Crippen LogP contribution in [0.15, 0.2) is 64.8 Å². The summed E-state index contributed by atoms with van der Waals surface area (Å²) in [5, 5.41) is 0. The number of carbonyl (C=O) groups is 2. The van der Waals surface area contributed by atoms with Crippen LogP contribution in [-0.2, 0) is 20.9 Å². The van der Waals surface area contributed by atoms with Crippen LogP contribution in [0.5, 0.6) is 11.5 Å². The fourth-order valence-electron chi connectivity index (χ4n) is 4.98. The molecule has 0 amide bonds. The van der Waals surface area contributed by atoms with E-state index in [0.29, 0.717) is 35.6 Å². The summed E-state index contributed by atoms with van der Waals surface area (Å²) in [5.41, 5.74) is 3.46. The quantitative estimate of drug-likeness (QED) is 0.548. The minimum Gasteiger partial charge on any atom is -0.497 e. The lowest BCUT2D eigenvalue weighted by Crippen LogP contribution is -2.39. The minimum atomic E-state index is -0.727. The molecule has 0 N–H and O–H groups in total. The highest BCUT2D eigenvalue weighted by atomic mass is 16.5. The van der Waals surface area contributed by atoms with E-state index in [1.54, 1.807) is 20.3 Å². The average molecular weight is 462 g/mol. The van der Waals surface area contributed by atoms with E-state index in [0.717, 1.165) is 16.8 Å². The maximum absolute atomic E-state index is 13.5. The lowest BCUT2D eigenvalue weighted by Gasteiger charge is -2.39. The number of nitrogens with zero attached hydrogens (tertiary/aromatic N) is 1. The van der Waals surface area contributed by atoms with Gasteiger partial charge >= 0.3 is 5.97 Å². The van der Waals surface area contributed by atoms with Gasteiger partial charge in [0.05, 0.1) is 14.2 Å². The molecule has 1 heterocycles. The highest BCUT2D eigenvalue weighted by Crippen LogP contribution is 2.50. The Balaban J connectivity index is 1.79. The van der Waals surface area contributed by atoms with Crippen LogP contribution in [0.4, 0.5) is 0 Å². The van der Waals surface area contributed by atoms with Crippen molar-refractivity contribution in [3.8, 4) is 11.5 Å². The number of allylic oxidation sites excluding steroid dienone is 2. The third-order valence-corrected chi connectivity index (χ3v) is 6.56. The van der Waals surface area contributed by atoms with Gasteiger partial charge in [0, 0.05) is 41.0 Å². The van der Waals surface area contributed by atoms with Crippen LogP contribution in [0, 0.1) is 11.3 Å². The molecule has 2 aromatic carbocycles. The van der Waals surface area contributed by atoms with E-state index in [1.807, 2.05) is 49.4 Å². The SMILES string of the molecule is COc1ccc([C@@H]2C3=C(CC(C)(C)CC3=O)N=C(C)C2C(=O)OCc2ccccc2)c(OC)c1. The van der Waals surface area contributed by atoms with Crippen LogP contribution in [0.1, 0.15) is 50.7 Å². The highest BCUT2D eigenvalue weighted by molar-refractivity contribution is 6.09. The van der Waals surface area contributed by atoms with Crippen molar-refractivity contribution in [1.82, 2.24) is 0 Å². The molecule has 0 bridgehead atoms. The van der Waals surface area contributed by atoms with Crippen molar-refractivity contribution in [2.45, 2.75) is 46.1 Å². The molecular weight excluding hydrogens is 430 g/mol. The molecule has 6 heteroatoms. The second-order valence-electron chi connectivity index (χ2n) is 9.71. The highest BCUT2D eigenvalue weighted by Gasteiger charge is 2.47. The van der Waals surface area contributed by atoms with Gasteiger partial charge in [0.2, 0.25) is 0 Å². The Morgan fingerprint density at radius 2 is 1.79 bits per heavy atom. The van der Waals surface area contributed by atoms with Gasteiger partial charge in [-0.2, -0.15) is 0 Å². The Bertz CT molecular complexity index is 1160. The molecule has 2 atom stereocenters. The Hall–Kier alpha value is -3.41. The summed E-state index contributed by atoms with van der Waals surface area (Å²) in [6, 6.07) is 15.0. The maximum Gasteiger partial charge on any atom is 0.315 e. The minimum absolute atomic E-state index is 0.0197. The average Bonchev–Trinajstić information content (AvgIpc) is 2.81. The Labute approximate surface area is 200 Å². The zero-order chi connectivity index (χ0) is 24.5. The fourth-order valence-corrected chi connectivity index (χ4v) is 4.98. The third kappa shape index (κ3) is 4.63. The molecule has 0 spiro atoms. The summed E-state index contributed by atoms with van der Waals surface area (Å²) in [7, 11) is 3.16. The number of carbonyl (C=O) groups excluding carboxylic acids is 2. The first kappa shape index (κ1) is 23.7. The lowest BCUT2D eigenvalue weighted by atomic mass is 9.66. The van der Waals surface area contributed by atoms with Crippen molar-refractivity contribution in [3.05, 3.63) is 70.9 Å². The number of rotatable bonds is 6. The zero-order valence-electron chi connectivity index (χ0n) is 20.4. The maximum atomic E-state index is 13.5. The summed E-state index contributed by atoms with van der Waals surface area (Å²) in [6.45, 7) is 6.14. The number of benzene rings is 2. The molecule has 0 saturated carbocycles. The van der Waals surface area contributed by atoms with Crippen LogP contribution < -0.4 is 9.47 Å². The summed E-state index contributed by atoms with van der Waals surface area (Å²) in [5.74, 6) is -0.460. The van der Waals surface area contributed by atoms with Gasteiger partial charge in [-0.05, 0) is 30.4 Å². The Morgan fingerprint density at radius 1 is 1.06 bits per heavy atom. The van der Waals surface area contributed by atoms with E-state index in [4.69, 9.17) is 19.2 Å². The van der Waals surface area contributed by atoms with Gasteiger partial charge in [-0.3, -0.25) is 14.6 Å². The van der Waals surface area contributed by atoms with E-state index in [1.165, 1.54) is 0 Å². The van der Waals surface area contributed by atoms with Crippen molar-refractivity contribution < 1.29 is 23.8 Å². The van der Waals surface area contributed by atoms with Gasteiger partial charge in [-0.1, -0.05) is 50.2 Å². The summed E-state index contributed by atoms with van der Waals surface area (Å²) < 4.78 is 16.8. The van der Waals surface area contributed by atoms with Crippen molar-refractivity contribution in [1.29, 1.82) is 0 Å². The van der Waals surface area contributed by atoms with Crippen molar-refractivity contribution in [2.75, 3.05) is 14.2 Å². The van der Waals surface area contributed by atoms with Crippen LogP contribution in [0.25, 0.3) is 0 Å². The molecule has 0 radical (unpaired) electrons. The van der Waals surface area contributed by atoms with Crippen LogP contribution in [-0.4, -0.2) is 31.7 Å². The van der Waals surface area contributed by atoms with E-state index < -0.39 is 17.8 Å². The number of aliphatic imine (C=N–C) groups is 1. The number of ether oxygens (including phenoxy) is 3. The molecule has 6 nitrogen and oxygen atoms in total. The third-order valence-electron chi connectivity index (χ3n) is 6.56. The first-order chi connectivity index (χ1) is 16.2. The summed E-state index contributed by atoms with van der Waals surface area (Å²) in [6.07, 6.45) is 1.08. The van der Waals surface area contributed by atoms with E-state index in [9.17, 15) is 9.59 Å². The number of methoxy groups -OCH3 is 2. The number of hydrogen-bond acceptors (Lipinski definition) is 6. The zero-order valence-corrected chi connectivity index (χ0v) is 20.4. The monoisotopic (exact) mass is 461 g/mol. The summed E-state index contributed by atoms with van der Waals surface area (Å²) >= 11 is 0. The topological polar surface area (TPSA) is 74.2 Å². The molecule has 1 unspecified atom stereocenters. The van der Waals surface area contributed by atoms with Gasteiger partial charge in [0.1, 0.15) is 24.0 Å². The van der Waals surface area contributed by atoms with E-state index >= 15 is 0 Å². The first-order valence-corrected chi connectivity index (χ1v) is 11.5. The van der Waals surface area contributed by atoms with Gasteiger partial charge in [-0.15, -0.1) is 0 Å². The van der Waals surface area contributed by atoms with Gasteiger partial charge in [0.15, 0.2) is 5.78 Å². The van der Waals surface area contributed by atoms with Crippen molar-refractivity contribution in [3.63, 3.8) is 0 Å². The standard InChI is InChI=1S/C28H31NO5/c1-17-24(27(31)34-16-18-9-7-6-8-10-18)25(20-12-11-19(32-4)13-23(20)33-5)26-21(29-17)14-28(2,3)15-22(26)30/h6-13,24-25H,14-16H2,1-5H3/t24?,25-/m0/s1. The number of esters is 1. The van der Waals surface area contributed by atoms with Crippen LogP contribution in [0.3, 0.4) is 0 Å². The Morgan fingerprint density at radius 3 is 2.47 bits per heavy atom. The molecule has 1 aliphatic carbocycles. The molecule has 2 aliphatic rings. The fraction of sp³-hybridized carbons (Fsp3) is 0.393. The molecule has 1 aliphatic heterocycles. The number of hydrogen-bond donors (Lipinski definition) is 0. The molecule has 2 aromatic rings. The smallest absolute Gasteiger partial charge is 0.315 e. The molecule has 34 heavy (non-hydrogen) atoms. The van der Waals surface area contributed by atoms with Gasteiger partial charge in [0.25, 0.3) is 0 Å².